The third-order valence-corrected chi connectivity index (χ3v) is 8.95. The largest absolute Gasteiger partial charge is 0.508 e. The van der Waals surface area contributed by atoms with E-state index in [2.05, 4.69) is 0 Å². The predicted molar refractivity (Wildman–Crippen MR) is 184 cm³/mol. The van der Waals surface area contributed by atoms with E-state index in [1.807, 2.05) is 0 Å². The molecule has 0 spiro atoms. The molecule has 2 aliphatic heterocycles. The first kappa shape index (κ1) is 40.0. The van der Waals surface area contributed by atoms with E-state index in [4.69, 9.17) is 28.1 Å². The Balaban J connectivity index is 1.18. The zero-order chi connectivity index (χ0) is 40.6. The van der Waals surface area contributed by atoms with Crippen molar-refractivity contribution in [3.05, 3.63) is 70.4 Å². The fraction of sp³-hybridized carbons (Fsp3) is 0.333. The van der Waals surface area contributed by atoms with Gasteiger partial charge in [0.25, 0.3) is 0 Å². The van der Waals surface area contributed by atoms with E-state index in [-0.39, 0.29) is 16.9 Å². The SMILES string of the molecule is O=C(/C=C/c1ccc(O)c(O)c1)OCC1O[C@@H](OCC2O[C@@H](Oc3c(-c4ccc(O)c(O)c4)oc4cc(O)cc(O)c4c3=O)C(O)[C@@H](O)[C@@H]2O)C(O)[C@@H](O)[C@@H]1O. The second-order valence-corrected chi connectivity index (χ2v) is 12.8. The topological polar surface area (TPSA) is 336 Å². The van der Waals surface area contributed by atoms with Gasteiger partial charge in [0, 0.05) is 23.8 Å². The molecule has 20 heteroatoms. The molecule has 1 aromatic heterocycles. The van der Waals surface area contributed by atoms with Gasteiger partial charge in [0.1, 0.15) is 77.9 Å². The maximum Gasteiger partial charge on any atom is 0.330 e. The summed E-state index contributed by atoms with van der Waals surface area (Å²) in [5, 5.41) is 123. The van der Waals surface area contributed by atoms with Crippen LogP contribution in [0.25, 0.3) is 28.4 Å². The fourth-order valence-electron chi connectivity index (χ4n) is 5.90. The van der Waals surface area contributed by atoms with Crippen molar-refractivity contribution in [1.82, 2.24) is 0 Å². The molecule has 12 N–H and O–H groups in total. The lowest BCUT2D eigenvalue weighted by molar-refractivity contribution is -0.323. The van der Waals surface area contributed by atoms with Crippen LogP contribution in [0, 0.1) is 0 Å². The van der Waals surface area contributed by atoms with Crippen LogP contribution in [0.5, 0.6) is 40.2 Å². The summed E-state index contributed by atoms with van der Waals surface area (Å²) < 4.78 is 33.3. The summed E-state index contributed by atoms with van der Waals surface area (Å²) in [6, 6.07) is 8.84. The van der Waals surface area contributed by atoms with Crippen LogP contribution in [0.2, 0.25) is 0 Å². The number of esters is 1. The van der Waals surface area contributed by atoms with Crippen molar-refractivity contribution in [3.63, 3.8) is 0 Å². The Morgan fingerprint density at radius 1 is 0.661 bits per heavy atom. The minimum Gasteiger partial charge on any atom is -0.508 e. The molecule has 6 rings (SSSR count). The Morgan fingerprint density at radius 3 is 1.93 bits per heavy atom. The van der Waals surface area contributed by atoms with Crippen LogP contribution < -0.4 is 10.2 Å². The van der Waals surface area contributed by atoms with Crippen LogP contribution in [-0.2, 0) is 23.7 Å². The second-order valence-electron chi connectivity index (χ2n) is 12.8. The second kappa shape index (κ2) is 16.2. The first-order valence-corrected chi connectivity index (χ1v) is 16.6. The number of phenols is 6. The number of benzene rings is 3. The lowest BCUT2D eigenvalue weighted by Gasteiger charge is -2.42. The average Bonchev–Trinajstić information content (AvgIpc) is 3.15. The summed E-state index contributed by atoms with van der Waals surface area (Å²) in [7, 11) is 0. The molecular formula is C36H36O20. The van der Waals surface area contributed by atoms with Crippen molar-refractivity contribution in [1.29, 1.82) is 0 Å². The van der Waals surface area contributed by atoms with Gasteiger partial charge in [-0.15, -0.1) is 0 Å². The first-order valence-electron chi connectivity index (χ1n) is 16.6. The molecule has 0 radical (unpaired) electrons. The van der Waals surface area contributed by atoms with E-state index in [0.29, 0.717) is 5.56 Å². The third-order valence-electron chi connectivity index (χ3n) is 8.95. The molecule has 3 heterocycles. The molecule has 0 saturated carbocycles. The van der Waals surface area contributed by atoms with Crippen LogP contribution in [0.1, 0.15) is 5.56 Å². The van der Waals surface area contributed by atoms with Gasteiger partial charge in [-0.05, 0) is 42.0 Å². The number of hydrogen-bond acceptors (Lipinski definition) is 20. The minimum absolute atomic E-state index is 0.0824. The standard InChI is InChI=1S/C36H36O20/c37-15-9-20(42)25-21(10-15)53-33(14-3-5-17(39)19(41)8-14)34(28(25)46)56-36-32(50)30(48)27(45)23(55-36)12-52-35-31(49)29(47)26(44)22(54-35)11-51-24(43)6-2-13-1-4-16(38)18(40)7-13/h1-10,22-23,26-27,29-32,35-42,44-45,47-50H,11-12H2/b6-2+/t22?,23?,26-,27-,29+,30+,31?,32?,35-,36+/m1/s1. The number of aliphatic hydroxyl groups excluding tert-OH is 6. The normalized spacial score (nSPS) is 28.0. The number of ether oxygens (including phenoxy) is 5. The van der Waals surface area contributed by atoms with Gasteiger partial charge in [0.05, 0.1) is 6.61 Å². The number of fused-ring (bicyclic) bond motifs is 1. The van der Waals surface area contributed by atoms with E-state index in [1.165, 1.54) is 30.3 Å². The summed E-state index contributed by atoms with van der Waals surface area (Å²) in [5.41, 5.74) is -1.17. The molecule has 0 bridgehead atoms. The van der Waals surface area contributed by atoms with Gasteiger partial charge >= 0.3 is 5.97 Å². The van der Waals surface area contributed by atoms with Crippen molar-refractivity contribution < 1.29 is 94.2 Å². The molecule has 56 heavy (non-hydrogen) atoms. The molecule has 2 fully saturated rings. The van der Waals surface area contributed by atoms with Crippen LogP contribution >= 0.6 is 0 Å². The summed E-state index contributed by atoms with van der Waals surface area (Å²) in [4.78, 5) is 26.0. The smallest absolute Gasteiger partial charge is 0.330 e. The summed E-state index contributed by atoms with van der Waals surface area (Å²) in [5.74, 6) is -5.36. The molecule has 3 aromatic carbocycles. The lowest BCUT2D eigenvalue weighted by Crippen LogP contribution is -2.62. The Kier molecular flexibility index (Phi) is 11.6. The predicted octanol–water partition coefficient (Wildman–Crippen LogP) is -1.04. The Hall–Kier alpha value is -5.68. The molecule has 0 amide bonds. The molecule has 10 atom stereocenters. The Labute approximate surface area is 313 Å². The monoisotopic (exact) mass is 788 g/mol. The summed E-state index contributed by atoms with van der Waals surface area (Å²) in [6.07, 6.45) is -16.3. The van der Waals surface area contributed by atoms with Crippen LogP contribution in [0.15, 0.2) is 63.8 Å². The Bertz CT molecular complexity index is 2170. The van der Waals surface area contributed by atoms with Gasteiger partial charge in [-0.2, -0.15) is 0 Å². The van der Waals surface area contributed by atoms with Crippen LogP contribution in [0.4, 0.5) is 0 Å². The molecule has 2 saturated heterocycles. The zero-order valence-corrected chi connectivity index (χ0v) is 28.6. The molecular weight excluding hydrogens is 752 g/mol. The van der Waals surface area contributed by atoms with Crippen molar-refractivity contribution >= 4 is 23.0 Å². The van der Waals surface area contributed by atoms with Crippen molar-refractivity contribution in [2.75, 3.05) is 13.2 Å². The van der Waals surface area contributed by atoms with E-state index in [0.717, 1.165) is 30.3 Å². The molecule has 0 aliphatic carbocycles. The highest BCUT2D eigenvalue weighted by Crippen LogP contribution is 2.39. The van der Waals surface area contributed by atoms with E-state index in [1.54, 1.807) is 0 Å². The number of aromatic hydroxyl groups is 6. The van der Waals surface area contributed by atoms with Crippen molar-refractivity contribution in [2.45, 2.75) is 61.4 Å². The lowest BCUT2D eigenvalue weighted by atomic mass is 9.98. The number of rotatable bonds is 10. The Morgan fingerprint density at radius 2 is 1.27 bits per heavy atom. The van der Waals surface area contributed by atoms with Gasteiger partial charge in [0.2, 0.25) is 17.5 Å². The summed E-state index contributed by atoms with van der Waals surface area (Å²) >= 11 is 0. The maximum absolute atomic E-state index is 13.7. The number of carbonyl (C=O) groups is 1. The van der Waals surface area contributed by atoms with Gasteiger partial charge in [-0.1, -0.05) is 6.07 Å². The van der Waals surface area contributed by atoms with Gasteiger partial charge < -0.3 is 89.4 Å². The molecule has 20 nitrogen and oxygen atoms in total. The van der Waals surface area contributed by atoms with Gasteiger partial charge in [-0.25, -0.2) is 4.79 Å². The van der Waals surface area contributed by atoms with Crippen molar-refractivity contribution in [2.24, 2.45) is 0 Å². The van der Waals surface area contributed by atoms with Crippen molar-refractivity contribution in [3.8, 4) is 51.6 Å². The summed E-state index contributed by atoms with van der Waals surface area (Å²) in [6.45, 7) is -1.43. The highest BCUT2D eigenvalue weighted by Gasteiger charge is 2.48. The number of carbonyl (C=O) groups excluding carboxylic acids is 1. The quantitative estimate of drug-likeness (QED) is 0.0519. The highest BCUT2D eigenvalue weighted by atomic mass is 16.7. The van der Waals surface area contributed by atoms with Gasteiger partial charge in [0.15, 0.2) is 35.0 Å². The van der Waals surface area contributed by atoms with Crippen LogP contribution in [0.3, 0.4) is 0 Å². The maximum atomic E-state index is 13.7. The fourth-order valence-corrected chi connectivity index (χ4v) is 5.90. The minimum atomic E-state index is -2.06. The highest BCUT2D eigenvalue weighted by molar-refractivity contribution is 5.88. The van der Waals surface area contributed by atoms with Gasteiger partial charge in [-0.3, -0.25) is 4.79 Å². The first-order chi connectivity index (χ1) is 26.5. The molecule has 4 aromatic rings. The van der Waals surface area contributed by atoms with E-state index < -0.39 is 132 Å². The van der Waals surface area contributed by atoms with E-state index >= 15 is 0 Å². The molecule has 2 aliphatic rings. The third kappa shape index (κ3) is 8.14. The number of hydrogen-bond donors (Lipinski definition) is 12. The molecule has 300 valence electrons. The van der Waals surface area contributed by atoms with Crippen LogP contribution in [-0.4, -0.2) is 142 Å². The zero-order valence-electron chi connectivity index (χ0n) is 28.6. The number of phenolic OH excluding ortho intramolecular Hbond substituents is 6. The molecule has 4 unspecified atom stereocenters. The average molecular weight is 789 g/mol. The van der Waals surface area contributed by atoms with E-state index in [9.17, 15) is 70.9 Å². The number of aliphatic hydroxyl groups is 6.